The first-order valence-electron chi connectivity index (χ1n) is 6.22. The number of benzene rings is 1. The quantitative estimate of drug-likeness (QED) is 0.812. The Kier molecular flexibility index (Phi) is 3.53. The average molecular weight is 244 g/mol. The molecule has 0 aliphatic heterocycles. The van der Waals surface area contributed by atoms with Gasteiger partial charge in [0.05, 0.1) is 0 Å². The Morgan fingerprint density at radius 2 is 1.94 bits per heavy atom. The minimum atomic E-state index is -0.104. The van der Waals surface area contributed by atoms with Gasteiger partial charge in [0.2, 0.25) is 5.91 Å². The number of carbonyl (C=O) groups excluding carboxylic acids is 1. The summed E-state index contributed by atoms with van der Waals surface area (Å²) < 4.78 is 0. The number of hydrogen-bond donors (Lipinski definition) is 1. The maximum Gasteiger partial charge on any atom is 0.243 e. The molecule has 3 nitrogen and oxygen atoms in total. The molecular weight excluding hydrogens is 224 g/mol. The van der Waals surface area contributed by atoms with Gasteiger partial charge in [-0.3, -0.25) is 4.79 Å². The second-order valence-corrected chi connectivity index (χ2v) is 5.16. The van der Waals surface area contributed by atoms with Gasteiger partial charge in [-0.15, -0.1) is 0 Å². The monoisotopic (exact) mass is 244 g/mol. The normalized spacial score (nSPS) is 16.4. The molecule has 1 aromatic carbocycles. The number of likely N-dealkylation sites (N-methyl/N-ethyl adjacent to an activating group) is 1. The Morgan fingerprint density at radius 1 is 1.39 bits per heavy atom. The van der Waals surface area contributed by atoms with Crippen LogP contribution in [0.2, 0.25) is 0 Å². The van der Waals surface area contributed by atoms with E-state index in [4.69, 9.17) is 0 Å². The Balaban J connectivity index is 2.17. The molecule has 1 aliphatic carbocycles. The largest absolute Gasteiger partial charge is 0.351 e. The van der Waals surface area contributed by atoms with Gasteiger partial charge in [0.25, 0.3) is 0 Å². The van der Waals surface area contributed by atoms with Crippen molar-refractivity contribution in [3.05, 3.63) is 48.0 Å². The Hall–Kier alpha value is -1.61. The van der Waals surface area contributed by atoms with Gasteiger partial charge in [0.1, 0.15) is 0 Å². The van der Waals surface area contributed by atoms with Crippen molar-refractivity contribution in [1.82, 2.24) is 10.2 Å². The third-order valence-corrected chi connectivity index (χ3v) is 3.88. The maximum atomic E-state index is 11.4. The molecule has 0 atom stereocenters. The van der Waals surface area contributed by atoms with Crippen LogP contribution in [0.4, 0.5) is 0 Å². The average Bonchev–Trinajstić information content (AvgIpc) is 2.75. The molecule has 1 N–H and O–H groups in total. The molecule has 0 aromatic heterocycles. The van der Waals surface area contributed by atoms with Crippen molar-refractivity contribution in [2.75, 3.05) is 20.6 Å². The van der Waals surface area contributed by atoms with Gasteiger partial charge >= 0.3 is 0 Å². The summed E-state index contributed by atoms with van der Waals surface area (Å²) in [5.41, 5.74) is 2.76. The molecule has 1 aromatic rings. The van der Waals surface area contributed by atoms with Crippen LogP contribution in [0.5, 0.6) is 0 Å². The maximum absolute atomic E-state index is 11.4. The van der Waals surface area contributed by atoms with Crippen molar-refractivity contribution in [3.63, 3.8) is 0 Å². The van der Waals surface area contributed by atoms with Crippen LogP contribution in [0.15, 0.2) is 36.9 Å². The molecule has 0 bridgehead atoms. The first-order valence-corrected chi connectivity index (χ1v) is 6.22. The molecule has 3 heteroatoms. The van der Waals surface area contributed by atoms with Crippen molar-refractivity contribution in [3.8, 4) is 0 Å². The summed E-state index contributed by atoms with van der Waals surface area (Å²) in [7, 11) is 4.15. The zero-order valence-corrected chi connectivity index (χ0v) is 11.1. The first-order chi connectivity index (χ1) is 8.57. The summed E-state index contributed by atoms with van der Waals surface area (Å²) in [6, 6.07) is 8.51. The van der Waals surface area contributed by atoms with E-state index in [1.807, 2.05) is 0 Å². The first kappa shape index (κ1) is 12.8. The zero-order chi connectivity index (χ0) is 13.2. The van der Waals surface area contributed by atoms with Crippen LogP contribution in [0.1, 0.15) is 11.1 Å². The Bertz CT molecular complexity index is 440. The zero-order valence-electron chi connectivity index (χ0n) is 11.1. The van der Waals surface area contributed by atoms with Crippen molar-refractivity contribution in [1.29, 1.82) is 0 Å². The second kappa shape index (κ2) is 4.94. The van der Waals surface area contributed by atoms with Gasteiger partial charge in [-0.1, -0.05) is 30.8 Å². The SMILES string of the molecule is C=CC(=O)NCC1(N(C)C)Cc2ccccc2C1. The predicted molar refractivity (Wildman–Crippen MR) is 73.5 cm³/mol. The number of amides is 1. The smallest absolute Gasteiger partial charge is 0.243 e. The third-order valence-electron chi connectivity index (χ3n) is 3.88. The fraction of sp³-hybridized carbons (Fsp3) is 0.400. The summed E-state index contributed by atoms with van der Waals surface area (Å²) in [5.74, 6) is -0.104. The lowest BCUT2D eigenvalue weighted by Crippen LogP contribution is -2.53. The summed E-state index contributed by atoms with van der Waals surface area (Å²) in [6.07, 6.45) is 3.28. The molecule has 18 heavy (non-hydrogen) atoms. The molecule has 0 spiro atoms. The van der Waals surface area contributed by atoms with Crippen LogP contribution in [0.3, 0.4) is 0 Å². The Labute approximate surface area is 108 Å². The van der Waals surface area contributed by atoms with Crippen LogP contribution in [-0.2, 0) is 17.6 Å². The summed E-state index contributed by atoms with van der Waals surface area (Å²) >= 11 is 0. The second-order valence-electron chi connectivity index (χ2n) is 5.16. The van der Waals surface area contributed by atoms with Crippen molar-refractivity contribution >= 4 is 5.91 Å². The summed E-state index contributed by atoms with van der Waals surface area (Å²) in [4.78, 5) is 13.6. The van der Waals surface area contributed by atoms with Crippen LogP contribution in [0, 0.1) is 0 Å². The summed E-state index contributed by atoms with van der Waals surface area (Å²) in [6.45, 7) is 4.14. The van der Waals surface area contributed by atoms with Gasteiger partial charge in [-0.05, 0) is 44.1 Å². The number of nitrogens with zero attached hydrogens (tertiary/aromatic N) is 1. The van der Waals surface area contributed by atoms with E-state index in [0.29, 0.717) is 6.54 Å². The van der Waals surface area contributed by atoms with Gasteiger partial charge in [0.15, 0.2) is 0 Å². The van der Waals surface area contributed by atoms with Crippen LogP contribution in [0.25, 0.3) is 0 Å². The van der Waals surface area contributed by atoms with E-state index in [2.05, 4.69) is 55.2 Å². The summed E-state index contributed by atoms with van der Waals surface area (Å²) in [5, 5.41) is 2.93. The number of rotatable bonds is 4. The number of nitrogens with one attached hydrogen (secondary N) is 1. The van der Waals surface area contributed by atoms with Gasteiger partial charge in [-0.25, -0.2) is 0 Å². The van der Waals surface area contributed by atoms with Crippen LogP contribution >= 0.6 is 0 Å². The number of fused-ring (bicyclic) bond motifs is 1. The molecular formula is C15H20N2O. The molecule has 0 heterocycles. The topological polar surface area (TPSA) is 32.3 Å². The molecule has 0 saturated carbocycles. The lowest BCUT2D eigenvalue weighted by molar-refractivity contribution is -0.117. The highest BCUT2D eigenvalue weighted by molar-refractivity contribution is 5.86. The molecule has 2 rings (SSSR count). The van der Waals surface area contributed by atoms with Gasteiger partial charge in [-0.2, -0.15) is 0 Å². The molecule has 0 radical (unpaired) electrons. The van der Waals surface area contributed by atoms with E-state index in [1.165, 1.54) is 17.2 Å². The van der Waals surface area contributed by atoms with Crippen LogP contribution in [-0.4, -0.2) is 37.0 Å². The van der Waals surface area contributed by atoms with E-state index in [-0.39, 0.29) is 11.4 Å². The lowest BCUT2D eigenvalue weighted by Gasteiger charge is -2.36. The highest BCUT2D eigenvalue weighted by Crippen LogP contribution is 2.32. The third kappa shape index (κ3) is 2.31. The molecule has 1 amide bonds. The number of carbonyl (C=O) groups is 1. The van der Waals surface area contributed by atoms with Crippen molar-refractivity contribution in [2.45, 2.75) is 18.4 Å². The standard InChI is InChI=1S/C15H20N2O/c1-4-14(18)16-11-15(17(2)3)9-12-7-5-6-8-13(12)10-15/h4-8H,1,9-11H2,2-3H3,(H,16,18). The molecule has 0 saturated heterocycles. The van der Waals surface area contributed by atoms with E-state index in [0.717, 1.165) is 12.8 Å². The van der Waals surface area contributed by atoms with E-state index in [1.54, 1.807) is 0 Å². The van der Waals surface area contributed by atoms with Crippen molar-refractivity contribution in [2.24, 2.45) is 0 Å². The van der Waals surface area contributed by atoms with Crippen molar-refractivity contribution < 1.29 is 4.79 Å². The van der Waals surface area contributed by atoms with E-state index >= 15 is 0 Å². The minimum Gasteiger partial charge on any atom is -0.351 e. The predicted octanol–water partition coefficient (Wildman–Crippen LogP) is 1.39. The lowest BCUT2D eigenvalue weighted by atomic mass is 9.94. The molecule has 0 fully saturated rings. The molecule has 96 valence electrons. The highest BCUT2D eigenvalue weighted by atomic mass is 16.1. The van der Waals surface area contributed by atoms with Gasteiger partial charge < -0.3 is 10.2 Å². The van der Waals surface area contributed by atoms with Gasteiger partial charge in [0, 0.05) is 12.1 Å². The van der Waals surface area contributed by atoms with Crippen LogP contribution < -0.4 is 5.32 Å². The molecule has 1 aliphatic rings. The fourth-order valence-electron chi connectivity index (χ4n) is 2.60. The molecule has 0 unspecified atom stereocenters. The fourth-order valence-corrected chi connectivity index (χ4v) is 2.60. The Morgan fingerprint density at radius 3 is 2.39 bits per heavy atom. The van der Waals surface area contributed by atoms with E-state index in [9.17, 15) is 4.79 Å². The minimum absolute atomic E-state index is 0.0116. The number of hydrogen-bond acceptors (Lipinski definition) is 2. The highest BCUT2D eigenvalue weighted by Gasteiger charge is 2.39. The van der Waals surface area contributed by atoms with E-state index < -0.39 is 0 Å².